The lowest BCUT2D eigenvalue weighted by molar-refractivity contribution is -0.137. The second kappa shape index (κ2) is 10.3. The molecule has 1 aliphatic heterocycles. The van der Waals surface area contributed by atoms with E-state index in [9.17, 15) is 27.6 Å². The summed E-state index contributed by atoms with van der Waals surface area (Å²) in [6, 6.07) is 9.14. The van der Waals surface area contributed by atoms with Crippen molar-refractivity contribution in [2.24, 2.45) is 0 Å². The van der Waals surface area contributed by atoms with Crippen LogP contribution in [0.5, 0.6) is 5.75 Å². The van der Waals surface area contributed by atoms with Crippen LogP contribution in [0.15, 0.2) is 64.5 Å². The molecule has 0 atom stereocenters. The number of halogens is 4. The Balaban J connectivity index is 1.68. The van der Waals surface area contributed by atoms with Crippen molar-refractivity contribution in [1.29, 1.82) is 0 Å². The summed E-state index contributed by atoms with van der Waals surface area (Å²) in [5.41, 5.74) is -0.408. The highest BCUT2D eigenvalue weighted by molar-refractivity contribution is 9.10. The van der Waals surface area contributed by atoms with Crippen LogP contribution in [0.2, 0.25) is 0 Å². The zero-order valence-electron chi connectivity index (χ0n) is 16.8. The van der Waals surface area contributed by atoms with Crippen molar-refractivity contribution in [1.82, 2.24) is 4.90 Å². The van der Waals surface area contributed by atoms with Gasteiger partial charge in [-0.2, -0.15) is 13.2 Å². The summed E-state index contributed by atoms with van der Waals surface area (Å²) < 4.78 is 44.6. The van der Waals surface area contributed by atoms with E-state index < -0.39 is 35.3 Å². The Morgan fingerprint density at radius 1 is 1.21 bits per heavy atom. The molecule has 0 radical (unpaired) electrons. The number of amides is 3. The van der Waals surface area contributed by atoms with Gasteiger partial charge >= 0.3 is 6.18 Å². The maximum atomic E-state index is 12.8. The van der Waals surface area contributed by atoms with Crippen molar-refractivity contribution in [3.8, 4) is 5.75 Å². The first-order valence-electron chi connectivity index (χ1n) is 9.34. The minimum Gasteiger partial charge on any atom is -0.488 e. The molecule has 0 bridgehead atoms. The van der Waals surface area contributed by atoms with Crippen LogP contribution in [0.4, 0.5) is 23.7 Å². The maximum Gasteiger partial charge on any atom is 0.416 e. The first-order chi connectivity index (χ1) is 15.6. The van der Waals surface area contributed by atoms with Crippen molar-refractivity contribution in [3.05, 3.63) is 75.6 Å². The van der Waals surface area contributed by atoms with E-state index in [0.717, 1.165) is 23.1 Å². The van der Waals surface area contributed by atoms with E-state index in [2.05, 4.69) is 27.8 Å². The molecule has 0 unspecified atom stereocenters. The first-order valence-corrected chi connectivity index (χ1v) is 10.9. The van der Waals surface area contributed by atoms with Gasteiger partial charge in [-0.25, -0.2) is 0 Å². The fraction of sp³-hybridized carbons (Fsp3) is 0.136. The third-order valence-electron chi connectivity index (χ3n) is 4.26. The molecule has 2 aromatic carbocycles. The van der Waals surface area contributed by atoms with Crippen LogP contribution in [-0.2, 0) is 15.8 Å². The lowest BCUT2D eigenvalue weighted by Crippen LogP contribution is -2.36. The van der Waals surface area contributed by atoms with Crippen molar-refractivity contribution in [2.45, 2.75) is 6.18 Å². The quantitative estimate of drug-likeness (QED) is 0.359. The molecular weight excluding hydrogens is 525 g/mol. The third-order valence-corrected chi connectivity index (χ3v) is 5.79. The number of benzene rings is 2. The molecule has 0 spiro atoms. The second-order valence-corrected chi connectivity index (χ2v) is 8.53. The predicted molar refractivity (Wildman–Crippen MR) is 123 cm³/mol. The lowest BCUT2D eigenvalue weighted by Gasteiger charge is -2.13. The third kappa shape index (κ3) is 6.26. The van der Waals surface area contributed by atoms with Gasteiger partial charge in [-0.05, 0) is 69.7 Å². The standard InChI is InChI=1S/C22H16BrF3N2O4S/c1-2-8-32-17-7-6-13(9-16(17)23)10-18-20(30)28(21(31)33-18)12-19(29)27-15-5-3-4-14(11-15)22(24,25)26/h2-7,9-11H,1,8,12H2,(H,27,29)/b18-10-. The summed E-state index contributed by atoms with van der Waals surface area (Å²) in [7, 11) is 0. The average molecular weight is 541 g/mol. The Morgan fingerprint density at radius 2 is 1.97 bits per heavy atom. The number of rotatable bonds is 7. The molecule has 2 aromatic rings. The Labute approximate surface area is 199 Å². The molecule has 1 N–H and O–H groups in total. The minimum atomic E-state index is -4.57. The normalized spacial score (nSPS) is 15.2. The van der Waals surface area contributed by atoms with Crippen LogP contribution in [0.3, 0.4) is 0 Å². The molecule has 1 saturated heterocycles. The van der Waals surface area contributed by atoms with Gasteiger partial charge < -0.3 is 10.1 Å². The van der Waals surface area contributed by atoms with E-state index in [0.29, 0.717) is 34.2 Å². The van der Waals surface area contributed by atoms with Gasteiger partial charge in [-0.1, -0.05) is 24.8 Å². The largest absolute Gasteiger partial charge is 0.488 e. The number of thioether (sulfide) groups is 1. The van der Waals surface area contributed by atoms with E-state index in [1.54, 1.807) is 24.3 Å². The molecule has 3 amide bonds. The van der Waals surface area contributed by atoms with Crippen LogP contribution < -0.4 is 10.1 Å². The second-order valence-electron chi connectivity index (χ2n) is 6.68. The van der Waals surface area contributed by atoms with Crippen LogP contribution in [0, 0.1) is 0 Å². The van der Waals surface area contributed by atoms with Gasteiger partial charge in [0.2, 0.25) is 5.91 Å². The summed E-state index contributed by atoms with van der Waals surface area (Å²) in [5, 5.41) is 1.62. The molecule has 0 aromatic heterocycles. The number of alkyl halides is 3. The monoisotopic (exact) mass is 540 g/mol. The van der Waals surface area contributed by atoms with Crippen LogP contribution in [0.25, 0.3) is 6.08 Å². The van der Waals surface area contributed by atoms with Crippen molar-refractivity contribution in [3.63, 3.8) is 0 Å². The number of nitrogens with one attached hydrogen (secondary N) is 1. The summed E-state index contributed by atoms with van der Waals surface area (Å²) in [6.07, 6.45) is -1.47. The maximum absolute atomic E-state index is 12.8. The van der Waals surface area contributed by atoms with Gasteiger partial charge in [-0.3, -0.25) is 19.3 Å². The fourth-order valence-corrected chi connectivity index (χ4v) is 4.13. The molecule has 6 nitrogen and oxygen atoms in total. The van der Waals surface area contributed by atoms with E-state index in [-0.39, 0.29) is 10.6 Å². The number of anilines is 1. The zero-order chi connectivity index (χ0) is 24.2. The topological polar surface area (TPSA) is 75.7 Å². The number of carbonyl (C=O) groups is 3. The number of ether oxygens (including phenoxy) is 1. The molecule has 0 saturated carbocycles. The summed E-state index contributed by atoms with van der Waals surface area (Å²) >= 11 is 4.03. The fourth-order valence-electron chi connectivity index (χ4n) is 2.78. The van der Waals surface area contributed by atoms with Gasteiger partial charge in [0.15, 0.2) is 0 Å². The number of hydrogen-bond acceptors (Lipinski definition) is 5. The molecule has 33 heavy (non-hydrogen) atoms. The van der Waals surface area contributed by atoms with Gasteiger partial charge in [0.05, 0.1) is 14.9 Å². The Bertz CT molecular complexity index is 1150. The van der Waals surface area contributed by atoms with E-state index in [1.807, 2.05) is 0 Å². The van der Waals surface area contributed by atoms with Gasteiger partial charge in [0.1, 0.15) is 18.9 Å². The summed E-state index contributed by atoms with van der Waals surface area (Å²) in [4.78, 5) is 38.0. The van der Waals surface area contributed by atoms with Crippen LogP contribution >= 0.6 is 27.7 Å². The van der Waals surface area contributed by atoms with Gasteiger partial charge in [0, 0.05) is 5.69 Å². The number of carbonyl (C=O) groups excluding carboxylic acids is 3. The molecule has 11 heteroatoms. The first kappa shape index (κ1) is 24.6. The molecule has 1 aliphatic rings. The Hall–Kier alpha value is -3.05. The SMILES string of the molecule is C=CCOc1ccc(/C=C2\SC(=O)N(CC(=O)Nc3cccc(C(F)(F)F)c3)C2=O)cc1Br. The minimum absolute atomic E-state index is 0.0963. The smallest absolute Gasteiger partial charge is 0.416 e. The molecule has 1 heterocycles. The number of hydrogen-bond donors (Lipinski definition) is 1. The molecular formula is C22H16BrF3N2O4S. The van der Waals surface area contributed by atoms with E-state index >= 15 is 0 Å². The average Bonchev–Trinajstić information content (AvgIpc) is 3.00. The number of imide groups is 1. The highest BCUT2D eigenvalue weighted by Gasteiger charge is 2.36. The molecule has 172 valence electrons. The van der Waals surface area contributed by atoms with E-state index in [1.165, 1.54) is 12.1 Å². The molecule has 0 aliphatic carbocycles. The summed E-state index contributed by atoms with van der Waals surface area (Å²) in [5.74, 6) is -0.900. The van der Waals surface area contributed by atoms with Gasteiger partial charge in [-0.15, -0.1) is 0 Å². The van der Waals surface area contributed by atoms with Gasteiger partial charge in [0.25, 0.3) is 11.1 Å². The predicted octanol–water partition coefficient (Wildman–Crippen LogP) is 5.71. The van der Waals surface area contributed by atoms with Crippen molar-refractivity contribution < 1.29 is 32.3 Å². The highest BCUT2D eigenvalue weighted by Crippen LogP contribution is 2.34. The highest BCUT2D eigenvalue weighted by atomic mass is 79.9. The van der Waals surface area contributed by atoms with Crippen LogP contribution in [0.1, 0.15) is 11.1 Å². The van der Waals surface area contributed by atoms with Crippen molar-refractivity contribution in [2.75, 3.05) is 18.5 Å². The van der Waals surface area contributed by atoms with E-state index in [4.69, 9.17) is 4.74 Å². The number of nitrogens with zero attached hydrogens (tertiary/aromatic N) is 1. The Morgan fingerprint density at radius 3 is 2.64 bits per heavy atom. The lowest BCUT2D eigenvalue weighted by atomic mass is 10.2. The Kier molecular flexibility index (Phi) is 7.65. The van der Waals surface area contributed by atoms with Crippen molar-refractivity contribution >= 4 is 56.5 Å². The molecule has 1 fully saturated rings. The van der Waals surface area contributed by atoms with Crippen LogP contribution in [-0.4, -0.2) is 35.1 Å². The summed E-state index contributed by atoms with van der Waals surface area (Å²) in [6.45, 7) is 3.26. The molecule has 3 rings (SSSR count). The zero-order valence-corrected chi connectivity index (χ0v) is 19.2.